The van der Waals surface area contributed by atoms with Crippen molar-refractivity contribution in [2.45, 2.75) is 57.3 Å². The van der Waals surface area contributed by atoms with Crippen LogP contribution in [-0.4, -0.2) is 59.1 Å². The van der Waals surface area contributed by atoms with Crippen molar-refractivity contribution in [1.29, 1.82) is 0 Å². The van der Waals surface area contributed by atoms with Gasteiger partial charge in [-0.05, 0) is 25.3 Å². The van der Waals surface area contributed by atoms with Gasteiger partial charge in [-0.1, -0.05) is 20.8 Å². The number of nitrogens with one attached hydrogen (secondary N) is 1. The predicted octanol–water partition coefficient (Wildman–Crippen LogP) is 0.755. The summed E-state index contributed by atoms with van der Waals surface area (Å²) in [6.07, 6.45) is 4.31. The standard InChI is InChI=1S/C15H26N4O4S/c1-4-19(9-15(20)21)13-5-12(6-13)17-24(22,23)14-8-18(10-16-14)7-11(2)3/h8,10-13,17H,4-7,9H2,1-3H3,(H,20,21). The van der Waals surface area contributed by atoms with Crippen LogP contribution in [0.15, 0.2) is 17.6 Å². The van der Waals surface area contributed by atoms with E-state index in [4.69, 9.17) is 5.11 Å². The first kappa shape index (κ1) is 18.9. The molecule has 1 aromatic rings. The summed E-state index contributed by atoms with van der Waals surface area (Å²) in [5.41, 5.74) is 0. The van der Waals surface area contributed by atoms with Gasteiger partial charge in [-0.25, -0.2) is 18.1 Å². The van der Waals surface area contributed by atoms with Crippen molar-refractivity contribution in [3.8, 4) is 0 Å². The molecule has 2 N–H and O–H groups in total. The number of carbonyl (C=O) groups is 1. The fourth-order valence-electron chi connectivity index (χ4n) is 2.93. The molecule has 8 nitrogen and oxygen atoms in total. The molecule has 0 bridgehead atoms. The topological polar surface area (TPSA) is 105 Å². The molecule has 0 unspecified atom stereocenters. The van der Waals surface area contributed by atoms with E-state index in [1.54, 1.807) is 10.8 Å². The van der Waals surface area contributed by atoms with E-state index in [2.05, 4.69) is 23.6 Å². The van der Waals surface area contributed by atoms with Crippen LogP contribution in [0.1, 0.15) is 33.6 Å². The van der Waals surface area contributed by atoms with Gasteiger partial charge in [-0.3, -0.25) is 9.69 Å². The van der Waals surface area contributed by atoms with Gasteiger partial charge in [-0.2, -0.15) is 0 Å². The average Bonchev–Trinajstić information content (AvgIpc) is 2.88. The van der Waals surface area contributed by atoms with Crippen LogP contribution in [0.25, 0.3) is 0 Å². The van der Waals surface area contributed by atoms with Crippen molar-refractivity contribution < 1.29 is 18.3 Å². The summed E-state index contributed by atoms with van der Waals surface area (Å²) in [4.78, 5) is 16.7. The Kier molecular flexibility index (Phi) is 6.00. The second-order valence-electron chi connectivity index (χ2n) is 6.70. The molecule has 1 heterocycles. The second-order valence-corrected chi connectivity index (χ2v) is 8.36. The molecule has 0 aromatic carbocycles. The number of likely N-dealkylation sites (N-methyl/N-ethyl adjacent to an activating group) is 1. The normalized spacial score (nSPS) is 21.2. The van der Waals surface area contributed by atoms with Crippen LogP contribution in [0.5, 0.6) is 0 Å². The molecule has 1 aromatic heterocycles. The number of nitrogens with zero attached hydrogens (tertiary/aromatic N) is 3. The summed E-state index contributed by atoms with van der Waals surface area (Å²) in [7, 11) is -3.63. The fourth-order valence-corrected chi connectivity index (χ4v) is 4.15. The highest BCUT2D eigenvalue weighted by Gasteiger charge is 2.36. The molecular formula is C15H26N4O4S. The number of hydrogen-bond acceptors (Lipinski definition) is 5. The van der Waals surface area contributed by atoms with Gasteiger partial charge in [0.05, 0.1) is 12.9 Å². The van der Waals surface area contributed by atoms with E-state index in [0.717, 1.165) is 0 Å². The predicted molar refractivity (Wildman–Crippen MR) is 89.1 cm³/mol. The van der Waals surface area contributed by atoms with Crippen LogP contribution >= 0.6 is 0 Å². The number of aliphatic carboxylic acids is 1. The van der Waals surface area contributed by atoms with Crippen molar-refractivity contribution >= 4 is 16.0 Å². The van der Waals surface area contributed by atoms with Crippen LogP contribution < -0.4 is 4.72 Å². The van der Waals surface area contributed by atoms with Crippen LogP contribution in [0.2, 0.25) is 0 Å². The Morgan fingerprint density at radius 1 is 1.50 bits per heavy atom. The first-order valence-corrected chi connectivity index (χ1v) is 9.69. The Morgan fingerprint density at radius 2 is 2.17 bits per heavy atom. The van der Waals surface area contributed by atoms with Gasteiger partial charge < -0.3 is 9.67 Å². The molecule has 136 valence electrons. The smallest absolute Gasteiger partial charge is 0.317 e. The highest BCUT2D eigenvalue weighted by Crippen LogP contribution is 2.26. The lowest BCUT2D eigenvalue weighted by atomic mass is 9.86. The molecule has 1 saturated carbocycles. The number of aromatic nitrogens is 2. The molecule has 1 aliphatic carbocycles. The Balaban J connectivity index is 1.90. The third-order valence-electron chi connectivity index (χ3n) is 4.16. The van der Waals surface area contributed by atoms with Gasteiger partial charge in [0, 0.05) is 24.8 Å². The van der Waals surface area contributed by atoms with Crippen molar-refractivity contribution in [2.24, 2.45) is 5.92 Å². The number of rotatable bonds is 9. The number of imidazole rings is 1. The summed E-state index contributed by atoms with van der Waals surface area (Å²) in [6, 6.07) is -0.0598. The van der Waals surface area contributed by atoms with Gasteiger partial charge in [0.2, 0.25) is 0 Å². The van der Waals surface area contributed by atoms with E-state index in [1.807, 2.05) is 11.8 Å². The zero-order valence-electron chi connectivity index (χ0n) is 14.3. The Labute approximate surface area is 142 Å². The van der Waals surface area contributed by atoms with E-state index >= 15 is 0 Å². The number of hydrogen-bond donors (Lipinski definition) is 2. The molecule has 0 aliphatic heterocycles. The van der Waals surface area contributed by atoms with Crippen LogP contribution in [0, 0.1) is 5.92 Å². The Bertz CT molecular complexity index is 665. The maximum absolute atomic E-state index is 12.4. The molecule has 0 radical (unpaired) electrons. The summed E-state index contributed by atoms with van der Waals surface area (Å²) in [6.45, 7) is 7.35. The quantitative estimate of drug-likeness (QED) is 0.675. The molecule has 2 rings (SSSR count). The number of carboxylic acids is 1. The largest absolute Gasteiger partial charge is 0.480 e. The Morgan fingerprint density at radius 3 is 2.71 bits per heavy atom. The van der Waals surface area contributed by atoms with Crippen molar-refractivity contribution in [1.82, 2.24) is 19.2 Å². The van der Waals surface area contributed by atoms with Crippen LogP contribution in [-0.2, 0) is 21.4 Å². The highest BCUT2D eigenvalue weighted by atomic mass is 32.2. The minimum absolute atomic E-state index is 0.0136. The molecule has 0 spiro atoms. The van der Waals surface area contributed by atoms with E-state index < -0.39 is 16.0 Å². The molecule has 0 atom stereocenters. The van der Waals surface area contributed by atoms with Gasteiger partial charge in [0.15, 0.2) is 5.03 Å². The number of sulfonamides is 1. The minimum atomic E-state index is -3.63. The zero-order chi connectivity index (χ0) is 17.9. The molecule has 24 heavy (non-hydrogen) atoms. The van der Waals surface area contributed by atoms with Gasteiger partial charge in [-0.15, -0.1) is 0 Å². The lowest BCUT2D eigenvalue weighted by Crippen LogP contribution is -2.54. The van der Waals surface area contributed by atoms with Gasteiger partial charge >= 0.3 is 5.97 Å². The van der Waals surface area contributed by atoms with Crippen molar-refractivity contribution in [3.05, 3.63) is 12.5 Å². The Hall–Kier alpha value is -1.45. The third-order valence-corrected chi connectivity index (χ3v) is 5.56. The number of carboxylic acid groups (broad SMARTS) is 1. The minimum Gasteiger partial charge on any atom is -0.480 e. The van der Waals surface area contributed by atoms with E-state index in [1.165, 1.54) is 6.33 Å². The summed E-state index contributed by atoms with van der Waals surface area (Å²) < 4.78 is 29.2. The zero-order valence-corrected chi connectivity index (χ0v) is 15.2. The average molecular weight is 358 g/mol. The van der Waals surface area contributed by atoms with E-state index in [-0.39, 0.29) is 23.7 Å². The lowest BCUT2D eigenvalue weighted by molar-refractivity contribution is -0.139. The SMILES string of the molecule is CCN(CC(=O)O)C1CC(NS(=O)(=O)c2cn(CC(C)C)cn2)C1. The first-order valence-electron chi connectivity index (χ1n) is 8.21. The van der Waals surface area contributed by atoms with Crippen LogP contribution in [0.3, 0.4) is 0 Å². The lowest BCUT2D eigenvalue weighted by Gasteiger charge is -2.41. The summed E-state index contributed by atoms with van der Waals surface area (Å²) in [5.74, 6) is -0.457. The highest BCUT2D eigenvalue weighted by molar-refractivity contribution is 7.89. The van der Waals surface area contributed by atoms with E-state index in [9.17, 15) is 13.2 Å². The second kappa shape index (κ2) is 7.62. The summed E-state index contributed by atoms with van der Waals surface area (Å²) in [5, 5.41) is 8.92. The maximum atomic E-state index is 12.4. The molecular weight excluding hydrogens is 332 g/mol. The van der Waals surface area contributed by atoms with Crippen molar-refractivity contribution in [2.75, 3.05) is 13.1 Å². The van der Waals surface area contributed by atoms with Gasteiger partial charge in [0.25, 0.3) is 10.0 Å². The maximum Gasteiger partial charge on any atom is 0.317 e. The summed E-state index contributed by atoms with van der Waals surface area (Å²) >= 11 is 0. The molecule has 1 aliphatic rings. The molecule has 1 fully saturated rings. The van der Waals surface area contributed by atoms with Gasteiger partial charge in [0.1, 0.15) is 0 Å². The molecule has 0 saturated heterocycles. The van der Waals surface area contributed by atoms with E-state index in [0.29, 0.717) is 31.8 Å². The van der Waals surface area contributed by atoms with Crippen molar-refractivity contribution in [3.63, 3.8) is 0 Å². The molecule has 0 amide bonds. The molecule has 9 heteroatoms. The third kappa shape index (κ3) is 4.78. The fraction of sp³-hybridized carbons (Fsp3) is 0.733. The first-order chi connectivity index (χ1) is 11.2. The van der Waals surface area contributed by atoms with Crippen LogP contribution in [0.4, 0.5) is 0 Å². The monoisotopic (exact) mass is 358 g/mol.